The summed E-state index contributed by atoms with van der Waals surface area (Å²) in [6.07, 6.45) is 2.55. The van der Waals surface area contributed by atoms with Crippen LogP contribution in [0.2, 0.25) is 0 Å². The summed E-state index contributed by atoms with van der Waals surface area (Å²) in [6.45, 7) is 0. The molecule has 0 saturated carbocycles. The smallest absolute Gasteiger partial charge is 0.305 e. The molecule has 1 unspecified atom stereocenters. The molecule has 0 fully saturated rings. The van der Waals surface area contributed by atoms with Crippen molar-refractivity contribution in [1.29, 1.82) is 0 Å². The molecule has 0 bridgehead atoms. The molecule has 1 atom stereocenters. The Bertz CT molecular complexity index is 177. The van der Waals surface area contributed by atoms with Gasteiger partial charge in [-0.3, -0.25) is 4.79 Å². The third-order valence-electron chi connectivity index (χ3n) is 1.39. The molecule has 0 saturated heterocycles. The van der Waals surface area contributed by atoms with Crippen LogP contribution in [0.3, 0.4) is 0 Å². The normalized spacial score (nSPS) is 13.8. The van der Waals surface area contributed by atoms with Crippen LogP contribution in [0.15, 0.2) is 12.2 Å². The summed E-state index contributed by atoms with van der Waals surface area (Å²) in [5.41, 5.74) is 5.45. The Labute approximate surface area is 77.1 Å². The average Bonchev–Trinajstić information content (AvgIpc) is 2.05. The van der Waals surface area contributed by atoms with Crippen molar-refractivity contribution in [2.24, 2.45) is 5.73 Å². The fourth-order valence-corrected chi connectivity index (χ4v) is 0.756. The molecule has 0 aliphatic heterocycles. The zero-order valence-electron chi connectivity index (χ0n) is 7.77. The molecule has 5 nitrogen and oxygen atoms in total. The molecule has 3 N–H and O–H groups in total. The van der Waals surface area contributed by atoms with Crippen LogP contribution >= 0.6 is 0 Å². The predicted molar refractivity (Wildman–Crippen MR) is 47.2 cm³/mol. The highest BCUT2D eigenvalue weighted by Gasteiger charge is 2.05. The van der Waals surface area contributed by atoms with Crippen molar-refractivity contribution in [3.63, 3.8) is 0 Å². The van der Waals surface area contributed by atoms with Gasteiger partial charge in [0.25, 0.3) is 0 Å². The van der Waals surface area contributed by atoms with Crippen LogP contribution in [-0.4, -0.2) is 37.6 Å². The van der Waals surface area contributed by atoms with Crippen LogP contribution in [0.25, 0.3) is 0 Å². The van der Waals surface area contributed by atoms with Gasteiger partial charge in [0.15, 0.2) is 6.29 Å². The first-order valence-electron chi connectivity index (χ1n) is 3.81. The van der Waals surface area contributed by atoms with Crippen molar-refractivity contribution < 1.29 is 19.4 Å². The van der Waals surface area contributed by atoms with Gasteiger partial charge in [-0.2, -0.15) is 0 Å². The number of carbonyl (C=O) groups is 1. The maximum absolute atomic E-state index is 10.2. The van der Waals surface area contributed by atoms with Gasteiger partial charge >= 0.3 is 5.97 Å². The SMILES string of the molecule is COC(/C=C/C(N)CC(=O)O)OC. The number of carboxylic acid groups (broad SMARTS) is 1. The van der Waals surface area contributed by atoms with Crippen molar-refractivity contribution >= 4 is 5.97 Å². The van der Waals surface area contributed by atoms with Crippen LogP contribution in [0.5, 0.6) is 0 Å². The van der Waals surface area contributed by atoms with Crippen LogP contribution in [0, 0.1) is 0 Å². The van der Waals surface area contributed by atoms with Gasteiger partial charge in [-0.15, -0.1) is 0 Å². The number of aliphatic carboxylic acids is 1. The van der Waals surface area contributed by atoms with Gasteiger partial charge < -0.3 is 20.3 Å². The van der Waals surface area contributed by atoms with Crippen LogP contribution in [-0.2, 0) is 14.3 Å². The number of methoxy groups -OCH3 is 2. The lowest BCUT2D eigenvalue weighted by Gasteiger charge is -2.08. The molecule has 0 heterocycles. The number of rotatable bonds is 6. The summed E-state index contributed by atoms with van der Waals surface area (Å²) < 4.78 is 9.69. The second kappa shape index (κ2) is 6.59. The zero-order valence-corrected chi connectivity index (χ0v) is 7.77. The minimum Gasteiger partial charge on any atom is -0.481 e. The highest BCUT2D eigenvalue weighted by molar-refractivity contribution is 5.67. The lowest BCUT2D eigenvalue weighted by Crippen LogP contribution is -2.22. The Morgan fingerprint density at radius 1 is 1.46 bits per heavy atom. The van der Waals surface area contributed by atoms with Gasteiger partial charge in [0.05, 0.1) is 6.42 Å². The Balaban J connectivity index is 3.87. The van der Waals surface area contributed by atoms with Crippen molar-refractivity contribution in [3.05, 3.63) is 12.2 Å². The lowest BCUT2D eigenvalue weighted by atomic mass is 10.2. The maximum Gasteiger partial charge on any atom is 0.305 e. The van der Waals surface area contributed by atoms with Gasteiger partial charge in [-0.05, 0) is 6.08 Å². The molecule has 0 aliphatic carbocycles. The summed E-state index contributed by atoms with van der Waals surface area (Å²) in [5.74, 6) is -0.927. The Kier molecular flexibility index (Phi) is 6.13. The molecule has 0 aromatic rings. The first-order chi connectivity index (χ1) is 6.10. The minimum atomic E-state index is -0.927. The van der Waals surface area contributed by atoms with E-state index in [1.165, 1.54) is 14.2 Å². The van der Waals surface area contributed by atoms with Crippen LogP contribution in [0.4, 0.5) is 0 Å². The molecule has 0 aromatic heterocycles. The number of hydrogen-bond acceptors (Lipinski definition) is 4. The fraction of sp³-hybridized carbons (Fsp3) is 0.625. The van der Waals surface area contributed by atoms with E-state index < -0.39 is 18.3 Å². The van der Waals surface area contributed by atoms with E-state index in [4.69, 9.17) is 20.3 Å². The predicted octanol–water partition coefficient (Wildman–Crippen LogP) is -0.0365. The summed E-state index contributed by atoms with van der Waals surface area (Å²) >= 11 is 0. The third kappa shape index (κ3) is 6.27. The topological polar surface area (TPSA) is 81.8 Å². The van der Waals surface area contributed by atoms with Crippen LogP contribution in [0.1, 0.15) is 6.42 Å². The molecule has 13 heavy (non-hydrogen) atoms. The second-order valence-corrected chi connectivity index (χ2v) is 2.49. The second-order valence-electron chi connectivity index (χ2n) is 2.49. The van der Waals surface area contributed by atoms with E-state index in [9.17, 15) is 4.79 Å². The Hall–Kier alpha value is -0.910. The molecular formula is C8H15NO4. The number of ether oxygens (including phenoxy) is 2. The quantitative estimate of drug-likeness (QED) is 0.452. The monoisotopic (exact) mass is 189 g/mol. The largest absolute Gasteiger partial charge is 0.481 e. The molecule has 0 aromatic carbocycles. The molecular weight excluding hydrogens is 174 g/mol. The van der Waals surface area contributed by atoms with Gasteiger partial charge in [-0.25, -0.2) is 0 Å². The van der Waals surface area contributed by atoms with E-state index in [0.29, 0.717) is 0 Å². The minimum absolute atomic E-state index is 0.101. The summed E-state index contributed by atoms with van der Waals surface area (Å²) in [7, 11) is 2.97. The first-order valence-corrected chi connectivity index (χ1v) is 3.81. The molecule has 0 aliphatic rings. The van der Waals surface area contributed by atoms with Crippen molar-refractivity contribution in [1.82, 2.24) is 0 Å². The summed E-state index contributed by atoms with van der Waals surface area (Å²) in [6, 6.07) is -0.509. The first kappa shape index (κ1) is 12.1. The fourth-order valence-electron chi connectivity index (χ4n) is 0.756. The van der Waals surface area contributed by atoms with Gasteiger partial charge in [0.2, 0.25) is 0 Å². The van der Waals surface area contributed by atoms with Gasteiger partial charge in [0, 0.05) is 20.3 Å². The van der Waals surface area contributed by atoms with Crippen molar-refractivity contribution in [3.8, 4) is 0 Å². The molecule has 0 amide bonds. The van der Waals surface area contributed by atoms with E-state index >= 15 is 0 Å². The Morgan fingerprint density at radius 2 is 2.00 bits per heavy atom. The highest BCUT2D eigenvalue weighted by Crippen LogP contribution is 1.96. The van der Waals surface area contributed by atoms with Crippen molar-refractivity contribution in [2.45, 2.75) is 18.8 Å². The molecule has 5 heteroatoms. The van der Waals surface area contributed by atoms with Gasteiger partial charge in [-0.1, -0.05) is 6.08 Å². The van der Waals surface area contributed by atoms with Crippen molar-refractivity contribution in [2.75, 3.05) is 14.2 Å². The highest BCUT2D eigenvalue weighted by atomic mass is 16.7. The number of nitrogens with two attached hydrogens (primary N) is 1. The number of hydrogen-bond donors (Lipinski definition) is 2. The molecule has 76 valence electrons. The van der Waals surface area contributed by atoms with E-state index in [1.807, 2.05) is 0 Å². The Morgan fingerprint density at radius 3 is 2.38 bits per heavy atom. The van der Waals surface area contributed by atoms with E-state index in [0.717, 1.165) is 0 Å². The molecule has 0 rings (SSSR count). The average molecular weight is 189 g/mol. The molecule has 0 spiro atoms. The maximum atomic E-state index is 10.2. The van der Waals surface area contributed by atoms with Crippen LogP contribution < -0.4 is 5.73 Å². The lowest BCUT2D eigenvalue weighted by molar-refractivity contribution is -0.137. The number of carboxylic acids is 1. The zero-order chi connectivity index (χ0) is 10.3. The summed E-state index contributed by atoms with van der Waals surface area (Å²) in [4.78, 5) is 10.2. The van der Waals surface area contributed by atoms with Gasteiger partial charge in [0.1, 0.15) is 0 Å². The van der Waals surface area contributed by atoms with E-state index in [-0.39, 0.29) is 6.42 Å². The van der Waals surface area contributed by atoms with E-state index in [2.05, 4.69) is 0 Å². The standard InChI is InChI=1S/C8H15NO4/c1-12-8(13-2)4-3-6(9)5-7(10)11/h3-4,6,8H,5,9H2,1-2H3,(H,10,11)/b4-3+. The summed E-state index contributed by atoms with van der Waals surface area (Å²) in [5, 5.41) is 8.39. The third-order valence-corrected chi connectivity index (χ3v) is 1.39. The molecule has 0 radical (unpaired) electrons. The van der Waals surface area contributed by atoms with E-state index in [1.54, 1.807) is 12.2 Å².